The standard InChI is InChI=1S/C6H6O2.C6H6OS/c7-5-2-1-3-6(8)4-5;1-5(7)6-3-2-4-8-6/h1-4,7-8H;2-4H,1H3. The van der Waals surface area contributed by atoms with Gasteiger partial charge in [0.15, 0.2) is 5.78 Å². The van der Waals surface area contributed by atoms with Crippen LogP contribution < -0.4 is 0 Å². The lowest BCUT2D eigenvalue weighted by Gasteiger charge is -1.89. The van der Waals surface area contributed by atoms with E-state index >= 15 is 0 Å². The minimum Gasteiger partial charge on any atom is -0.508 e. The fourth-order valence-electron chi connectivity index (χ4n) is 0.972. The van der Waals surface area contributed by atoms with Crippen molar-refractivity contribution in [3.05, 3.63) is 46.7 Å². The van der Waals surface area contributed by atoms with E-state index in [1.165, 1.54) is 29.5 Å². The summed E-state index contributed by atoms with van der Waals surface area (Å²) in [6.07, 6.45) is 0. The molecule has 3 nitrogen and oxygen atoms in total. The molecule has 16 heavy (non-hydrogen) atoms. The van der Waals surface area contributed by atoms with Gasteiger partial charge in [-0.05, 0) is 30.5 Å². The van der Waals surface area contributed by atoms with Crippen LogP contribution in [0.15, 0.2) is 41.8 Å². The summed E-state index contributed by atoms with van der Waals surface area (Å²) >= 11 is 1.48. The summed E-state index contributed by atoms with van der Waals surface area (Å²) in [6.45, 7) is 1.58. The number of ketones is 1. The Hall–Kier alpha value is -1.81. The zero-order valence-electron chi connectivity index (χ0n) is 8.75. The molecule has 2 aromatic rings. The van der Waals surface area contributed by atoms with Gasteiger partial charge >= 0.3 is 0 Å². The topological polar surface area (TPSA) is 57.5 Å². The Morgan fingerprint density at radius 1 is 1.12 bits per heavy atom. The number of Topliss-reactive ketones (excluding diaryl/α,β-unsaturated/α-hetero) is 1. The lowest BCUT2D eigenvalue weighted by Crippen LogP contribution is -1.83. The molecule has 0 spiro atoms. The van der Waals surface area contributed by atoms with Crippen LogP contribution in [0, 0.1) is 0 Å². The van der Waals surface area contributed by atoms with Gasteiger partial charge < -0.3 is 10.2 Å². The summed E-state index contributed by atoms with van der Waals surface area (Å²) < 4.78 is 0. The smallest absolute Gasteiger partial charge is 0.169 e. The summed E-state index contributed by atoms with van der Waals surface area (Å²) in [6, 6.07) is 9.55. The normalized spacial score (nSPS) is 9.06. The first-order valence-electron chi connectivity index (χ1n) is 4.62. The quantitative estimate of drug-likeness (QED) is 0.748. The Kier molecular flexibility index (Phi) is 4.54. The number of carbonyl (C=O) groups excluding carboxylic acids is 1. The number of carbonyl (C=O) groups is 1. The number of rotatable bonds is 1. The maximum absolute atomic E-state index is 10.5. The van der Waals surface area contributed by atoms with Crippen molar-refractivity contribution in [1.29, 1.82) is 0 Å². The first-order chi connectivity index (χ1) is 7.59. The number of thiophene rings is 1. The summed E-state index contributed by atoms with van der Waals surface area (Å²) in [5, 5.41) is 19.2. The van der Waals surface area contributed by atoms with E-state index in [0.717, 1.165) is 4.88 Å². The molecule has 1 heterocycles. The van der Waals surface area contributed by atoms with E-state index in [4.69, 9.17) is 10.2 Å². The Balaban J connectivity index is 0.000000160. The predicted octanol–water partition coefficient (Wildman–Crippen LogP) is 3.05. The second kappa shape index (κ2) is 5.92. The van der Waals surface area contributed by atoms with Crippen LogP contribution in [0.5, 0.6) is 11.5 Å². The monoisotopic (exact) mass is 236 g/mol. The van der Waals surface area contributed by atoms with Crippen molar-refractivity contribution in [2.24, 2.45) is 0 Å². The number of hydrogen-bond acceptors (Lipinski definition) is 4. The van der Waals surface area contributed by atoms with Crippen LogP contribution in [0.25, 0.3) is 0 Å². The highest BCUT2D eigenvalue weighted by Gasteiger charge is 1.95. The summed E-state index contributed by atoms with van der Waals surface area (Å²) in [5.74, 6) is 0.329. The van der Waals surface area contributed by atoms with Crippen molar-refractivity contribution < 1.29 is 15.0 Å². The van der Waals surface area contributed by atoms with Gasteiger partial charge in [-0.2, -0.15) is 0 Å². The SMILES string of the molecule is CC(=O)c1cccs1.Oc1cccc(O)c1. The van der Waals surface area contributed by atoms with Crippen LogP contribution in [0.2, 0.25) is 0 Å². The van der Waals surface area contributed by atoms with Crippen LogP contribution in [-0.2, 0) is 0 Å². The molecule has 4 heteroatoms. The molecule has 0 bridgehead atoms. The zero-order valence-corrected chi connectivity index (χ0v) is 9.57. The molecule has 84 valence electrons. The second-order valence-electron chi connectivity index (χ2n) is 3.05. The Morgan fingerprint density at radius 2 is 1.75 bits per heavy atom. The molecule has 0 saturated heterocycles. The van der Waals surface area contributed by atoms with Gasteiger partial charge in [0.25, 0.3) is 0 Å². The zero-order chi connectivity index (χ0) is 12.0. The second-order valence-corrected chi connectivity index (χ2v) is 4.00. The largest absolute Gasteiger partial charge is 0.508 e. The van der Waals surface area contributed by atoms with Gasteiger partial charge in [0, 0.05) is 6.07 Å². The molecule has 0 aliphatic carbocycles. The van der Waals surface area contributed by atoms with Crippen LogP contribution >= 0.6 is 11.3 Å². The van der Waals surface area contributed by atoms with Crippen LogP contribution in [0.4, 0.5) is 0 Å². The van der Waals surface area contributed by atoms with Crippen LogP contribution in [0.3, 0.4) is 0 Å². The molecular formula is C12H12O3S. The summed E-state index contributed by atoms with van der Waals surface area (Å²) in [7, 11) is 0. The van der Waals surface area contributed by atoms with E-state index < -0.39 is 0 Å². The molecular weight excluding hydrogens is 224 g/mol. The fourth-order valence-corrected chi connectivity index (χ4v) is 1.60. The van der Waals surface area contributed by atoms with Gasteiger partial charge in [-0.1, -0.05) is 12.1 Å². The lowest BCUT2D eigenvalue weighted by molar-refractivity contribution is 0.102. The molecule has 2 rings (SSSR count). The number of phenols is 2. The molecule has 0 unspecified atom stereocenters. The van der Waals surface area contributed by atoms with E-state index in [0.29, 0.717) is 0 Å². The molecule has 1 aromatic heterocycles. The van der Waals surface area contributed by atoms with E-state index in [2.05, 4.69) is 0 Å². The third-order valence-corrected chi connectivity index (χ3v) is 2.67. The third-order valence-electron chi connectivity index (χ3n) is 1.70. The Morgan fingerprint density at radius 3 is 2.00 bits per heavy atom. The molecule has 0 atom stereocenters. The molecule has 1 aromatic carbocycles. The van der Waals surface area contributed by atoms with Gasteiger partial charge in [0.1, 0.15) is 11.5 Å². The first-order valence-corrected chi connectivity index (χ1v) is 5.50. The van der Waals surface area contributed by atoms with E-state index in [1.54, 1.807) is 13.0 Å². The molecule has 0 saturated carbocycles. The molecule has 0 aliphatic rings. The van der Waals surface area contributed by atoms with Crippen molar-refractivity contribution >= 4 is 17.1 Å². The number of phenolic OH excluding ortho intramolecular Hbond substituents is 2. The maximum Gasteiger partial charge on any atom is 0.169 e. The van der Waals surface area contributed by atoms with E-state index in [-0.39, 0.29) is 17.3 Å². The van der Waals surface area contributed by atoms with E-state index in [1.807, 2.05) is 17.5 Å². The fraction of sp³-hybridized carbons (Fsp3) is 0.0833. The van der Waals surface area contributed by atoms with Gasteiger partial charge in [-0.3, -0.25) is 4.79 Å². The lowest BCUT2D eigenvalue weighted by atomic mass is 10.3. The predicted molar refractivity (Wildman–Crippen MR) is 64.1 cm³/mol. The van der Waals surface area contributed by atoms with Crippen molar-refractivity contribution in [2.45, 2.75) is 6.92 Å². The summed E-state index contributed by atoms with van der Waals surface area (Å²) in [5.41, 5.74) is 0. The van der Waals surface area contributed by atoms with Gasteiger partial charge in [0.05, 0.1) is 4.88 Å². The average molecular weight is 236 g/mol. The molecule has 0 fully saturated rings. The highest BCUT2D eigenvalue weighted by Crippen LogP contribution is 2.14. The van der Waals surface area contributed by atoms with Crippen molar-refractivity contribution in [1.82, 2.24) is 0 Å². The number of benzene rings is 1. The number of hydrogen-bond donors (Lipinski definition) is 2. The first kappa shape index (κ1) is 12.3. The van der Waals surface area contributed by atoms with Crippen LogP contribution in [-0.4, -0.2) is 16.0 Å². The Bertz CT molecular complexity index is 432. The van der Waals surface area contributed by atoms with E-state index in [9.17, 15) is 4.79 Å². The summed E-state index contributed by atoms with van der Waals surface area (Å²) in [4.78, 5) is 11.4. The van der Waals surface area contributed by atoms with Gasteiger partial charge in [0.2, 0.25) is 0 Å². The van der Waals surface area contributed by atoms with Crippen molar-refractivity contribution in [3.8, 4) is 11.5 Å². The van der Waals surface area contributed by atoms with Crippen LogP contribution in [0.1, 0.15) is 16.6 Å². The minimum atomic E-state index is 0.0880. The average Bonchev–Trinajstić information content (AvgIpc) is 2.70. The molecule has 0 radical (unpaired) electrons. The third kappa shape index (κ3) is 4.14. The number of aromatic hydroxyl groups is 2. The molecule has 0 amide bonds. The molecule has 2 N–H and O–H groups in total. The highest BCUT2D eigenvalue weighted by atomic mass is 32.1. The van der Waals surface area contributed by atoms with Gasteiger partial charge in [-0.25, -0.2) is 0 Å². The van der Waals surface area contributed by atoms with Crippen molar-refractivity contribution in [2.75, 3.05) is 0 Å². The Labute approximate surface area is 97.6 Å². The van der Waals surface area contributed by atoms with Gasteiger partial charge in [-0.15, -0.1) is 11.3 Å². The molecule has 0 aliphatic heterocycles. The van der Waals surface area contributed by atoms with Crippen molar-refractivity contribution in [3.63, 3.8) is 0 Å². The minimum absolute atomic E-state index is 0.0880. The maximum atomic E-state index is 10.5. The highest BCUT2D eigenvalue weighted by molar-refractivity contribution is 7.12.